The molecule has 4 heterocycles. The van der Waals surface area contributed by atoms with Gasteiger partial charge in [-0.05, 0) is 69.1 Å². The number of benzene rings is 1. The second-order valence-corrected chi connectivity index (χ2v) is 12.7. The highest BCUT2D eigenvalue weighted by Gasteiger charge is 2.49. The molecule has 0 aliphatic carbocycles. The van der Waals surface area contributed by atoms with Gasteiger partial charge in [-0.15, -0.1) is 0 Å². The topological polar surface area (TPSA) is 71.0 Å². The highest BCUT2D eigenvalue weighted by atomic mass is 79.9. The third-order valence-electron chi connectivity index (χ3n) is 7.57. The highest BCUT2D eigenvalue weighted by Crippen LogP contribution is 2.41. The van der Waals surface area contributed by atoms with Gasteiger partial charge in [-0.3, -0.25) is 4.90 Å². The Kier molecular flexibility index (Phi) is 7.41. The predicted molar refractivity (Wildman–Crippen MR) is 145 cm³/mol. The van der Waals surface area contributed by atoms with E-state index in [4.69, 9.17) is 26.1 Å². The van der Waals surface area contributed by atoms with Gasteiger partial charge < -0.3 is 19.3 Å². The summed E-state index contributed by atoms with van der Waals surface area (Å²) in [6.45, 7) is 10.2. The molecule has 8 nitrogen and oxygen atoms in total. The molecule has 1 aromatic carbocycles. The molecule has 0 saturated carbocycles. The van der Waals surface area contributed by atoms with Crippen molar-refractivity contribution in [2.45, 2.75) is 70.3 Å². The summed E-state index contributed by atoms with van der Waals surface area (Å²) in [7, 11) is 0. The summed E-state index contributed by atoms with van der Waals surface area (Å²) in [6.07, 6.45) is 0.977. The van der Waals surface area contributed by atoms with Gasteiger partial charge >= 0.3 is 12.1 Å². The molecule has 208 valence electrons. The van der Waals surface area contributed by atoms with E-state index in [2.05, 4.69) is 25.8 Å². The molecule has 1 amide bonds. The monoisotopic (exact) mass is 615 g/mol. The van der Waals surface area contributed by atoms with Crippen LogP contribution in [0, 0.1) is 5.82 Å². The van der Waals surface area contributed by atoms with Crippen LogP contribution in [0.3, 0.4) is 0 Å². The summed E-state index contributed by atoms with van der Waals surface area (Å²) in [5.41, 5.74) is -0.897. The number of fused-ring (bicyclic) bond motifs is 2. The molecule has 3 fully saturated rings. The second kappa shape index (κ2) is 10.2. The Labute approximate surface area is 234 Å². The number of amides is 1. The van der Waals surface area contributed by atoms with Gasteiger partial charge in [0.15, 0.2) is 5.82 Å². The third-order valence-corrected chi connectivity index (χ3v) is 8.87. The zero-order valence-corrected chi connectivity index (χ0v) is 24.4. The smallest absolute Gasteiger partial charge is 0.410 e. The average Bonchev–Trinajstić information content (AvgIpc) is 3.36. The van der Waals surface area contributed by atoms with Gasteiger partial charge in [0.1, 0.15) is 29.7 Å². The molecule has 2 aromatic rings. The number of alkyl halides is 1. The fourth-order valence-corrected chi connectivity index (χ4v) is 6.33. The Hall–Kier alpha value is -1.98. The Bertz CT molecular complexity index is 1250. The van der Waals surface area contributed by atoms with E-state index in [0.717, 1.165) is 19.4 Å². The Morgan fingerprint density at radius 1 is 1.26 bits per heavy atom. The first-order chi connectivity index (χ1) is 17.9. The van der Waals surface area contributed by atoms with E-state index in [1.54, 1.807) is 11.0 Å². The number of hydrogen-bond acceptors (Lipinski definition) is 7. The van der Waals surface area contributed by atoms with Gasteiger partial charge in [0, 0.05) is 44.0 Å². The van der Waals surface area contributed by atoms with E-state index in [-0.39, 0.29) is 45.3 Å². The lowest BCUT2D eigenvalue weighted by Gasteiger charge is -2.41. The minimum atomic E-state index is -0.885. The van der Waals surface area contributed by atoms with Crippen LogP contribution < -0.4 is 9.64 Å². The van der Waals surface area contributed by atoms with Crippen molar-refractivity contribution in [1.29, 1.82) is 0 Å². The molecule has 1 aromatic heterocycles. The maximum absolute atomic E-state index is 15.4. The van der Waals surface area contributed by atoms with Crippen molar-refractivity contribution in [3.8, 4) is 6.01 Å². The zero-order chi connectivity index (χ0) is 27.4. The molecular weight excluding hydrogens is 584 g/mol. The Morgan fingerprint density at radius 3 is 2.74 bits per heavy atom. The molecule has 38 heavy (non-hydrogen) atoms. The SMILES string of the molecule is C[C@@H]1CN(C(=O)OC(C)(C)C)CCN1c1nc(OC[C@@]23CCCN2C[C@H](F)C3)nc2c(F)c(Br)c(Cl)cc12. The summed E-state index contributed by atoms with van der Waals surface area (Å²) in [5, 5.41) is 0.653. The van der Waals surface area contributed by atoms with Crippen molar-refractivity contribution in [2.75, 3.05) is 44.2 Å². The van der Waals surface area contributed by atoms with Crippen LogP contribution in [0.2, 0.25) is 5.02 Å². The quantitative estimate of drug-likeness (QED) is 0.415. The first kappa shape index (κ1) is 27.6. The maximum Gasteiger partial charge on any atom is 0.410 e. The van der Waals surface area contributed by atoms with Crippen LogP contribution in [-0.2, 0) is 4.74 Å². The Morgan fingerprint density at radius 2 is 2.03 bits per heavy atom. The molecule has 12 heteroatoms. The molecule has 0 bridgehead atoms. The lowest BCUT2D eigenvalue weighted by Crippen LogP contribution is -2.55. The van der Waals surface area contributed by atoms with E-state index < -0.39 is 17.6 Å². The molecule has 0 spiro atoms. The summed E-state index contributed by atoms with van der Waals surface area (Å²) < 4.78 is 41.4. The third kappa shape index (κ3) is 5.25. The first-order valence-corrected chi connectivity index (χ1v) is 14.2. The molecule has 3 atom stereocenters. The molecule has 3 aliphatic heterocycles. The fourth-order valence-electron chi connectivity index (χ4n) is 5.83. The van der Waals surface area contributed by atoms with Gasteiger partial charge in [-0.1, -0.05) is 11.6 Å². The molecule has 3 aliphatic rings. The molecule has 5 rings (SSSR count). The zero-order valence-electron chi connectivity index (χ0n) is 22.1. The minimum Gasteiger partial charge on any atom is -0.461 e. The lowest BCUT2D eigenvalue weighted by atomic mass is 9.95. The van der Waals surface area contributed by atoms with E-state index in [9.17, 15) is 9.18 Å². The van der Waals surface area contributed by atoms with E-state index in [1.165, 1.54) is 0 Å². The maximum atomic E-state index is 15.4. The van der Waals surface area contributed by atoms with Crippen molar-refractivity contribution in [3.05, 3.63) is 21.4 Å². The van der Waals surface area contributed by atoms with Gasteiger partial charge in [-0.2, -0.15) is 9.97 Å². The van der Waals surface area contributed by atoms with Gasteiger partial charge in [0.05, 0.1) is 15.0 Å². The molecule has 3 saturated heterocycles. The molecule has 0 unspecified atom stereocenters. The van der Waals surface area contributed by atoms with E-state index >= 15 is 4.39 Å². The van der Waals surface area contributed by atoms with Crippen LogP contribution in [0.25, 0.3) is 10.9 Å². The molecule has 0 radical (unpaired) electrons. The number of piperazine rings is 1. The van der Waals surface area contributed by atoms with Crippen LogP contribution in [0.15, 0.2) is 10.5 Å². The second-order valence-electron chi connectivity index (χ2n) is 11.5. The standard InChI is InChI=1S/C26H33BrClF2N5O3/c1-15-12-33(24(36)38-25(2,3)4)8-9-35(15)22-17-10-18(28)19(27)20(30)21(17)31-23(32-22)37-14-26-6-5-7-34(26)13-16(29)11-26/h10,15-16H,5-9,11-14H2,1-4H3/t15-,16-,26+/m1/s1. The number of ether oxygens (including phenoxy) is 2. The molecular formula is C26H33BrClF2N5O3. The van der Waals surface area contributed by atoms with Crippen LogP contribution in [0.4, 0.5) is 19.4 Å². The van der Waals surface area contributed by atoms with Crippen LogP contribution in [-0.4, -0.2) is 88.5 Å². The van der Waals surface area contributed by atoms with Crippen molar-refractivity contribution < 1.29 is 23.0 Å². The summed E-state index contributed by atoms with van der Waals surface area (Å²) >= 11 is 9.54. The number of carbonyl (C=O) groups excluding carboxylic acids is 1. The summed E-state index contributed by atoms with van der Waals surface area (Å²) in [6, 6.07) is 1.52. The number of rotatable bonds is 4. The Balaban J connectivity index is 1.45. The number of carbonyl (C=O) groups is 1. The van der Waals surface area contributed by atoms with Crippen molar-refractivity contribution in [1.82, 2.24) is 19.8 Å². The van der Waals surface area contributed by atoms with Crippen LogP contribution in [0.1, 0.15) is 47.0 Å². The number of anilines is 1. The van der Waals surface area contributed by atoms with Crippen LogP contribution in [0.5, 0.6) is 6.01 Å². The van der Waals surface area contributed by atoms with E-state index in [1.807, 2.05) is 32.6 Å². The van der Waals surface area contributed by atoms with Gasteiger partial charge in [0.25, 0.3) is 0 Å². The summed E-state index contributed by atoms with van der Waals surface area (Å²) in [5.74, 6) is -0.128. The van der Waals surface area contributed by atoms with Crippen molar-refractivity contribution in [2.24, 2.45) is 0 Å². The largest absolute Gasteiger partial charge is 0.461 e. The van der Waals surface area contributed by atoms with Gasteiger partial charge in [-0.25, -0.2) is 13.6 Å². The van der Waals surface area contributed by atoms with Crippen LogP contribution >= 0.6 is 27.5 Å². The first-order valence-electron chi connectivity index (χ1n) is 13.0. The molecule has 0 N–H and O–H groups in total. The number of aromatic nitrogens is 2. The predicted octanol–water partition coefficient (Wildman–Crippen LogP) is 5.59. The van der Waals surface area contributed by atoms with Crippen molar-refractivity contribution in [3.63, 3.8) is 0 Å². The fraction of sp³-hybridized carbons (Fsp3) is 0.654. The normalized spacial score (nSPS) is 26.2. The van der Waals surface area contributed by atoms with Crippen molar-refractivity contribution >= 4 is 50.3 Å². The van der Waals surface area contributed by atoms with Gasteiger partial charge in [0.2, 0.25) is 0 Å². The number of halogens is 4. The van der Waals surface area contributed by atoms with E-state index in [0.29, 0.717) is 43.8 Å². The highest BCUT2D eigenvalue weighted by molar-refractivity contribution is 9.10. The average molecular weight is 617 g/mol. The number of hydrogen-bond donors (Lipinski definition) is 0. The summed E-state index contributed by atoms with van der Waals surface area (Å²) in [4.78, 5) is 27.6. The lowest BCUT2D eigenvalue weighted by molar-refractivity contribution is 0.0218. The minimum absolute atomic E-state index is 0.0333. The number of nitrogens with zero attached hydrogens (tertiary/aromatic N) is 5.